The van der Waals surface area contributed by atoms with Crippen molar-refractivity contribution in [3.05, 3.63) is 66.2 Å². The highest BCUT2D eigenvalue weighted by atomic mass is 32.2. The number of carbonyl (C=O) groups excluding carboxylic acids is 1. The molecule has 0 saturated heterocycles. The second-order valence-electron chi connectivity index (χ2n) is 7.31. The van der Waals surface area contributed by atoms with Crippen LogP contribution in [0, 0.1) is 0 Å². The summed E-state index contributed by atoms with van der Waals surface area (Å²) in [5.74, 6) is 2.22. The summed E-state index contributed by atoms with van der Waals surface area (Å²) >= 11 is 1.51. The number of hydrogen-bond acceptors (Lipinski definition) is 6. The third kappa shape index (κ3) is 5.86. The van der Waals surface area contributed by atoms with Gasteiger partial charge < -0.3 is 14.5 Å². The number of pyridine rings is 1. The molecule has 1 aliphatic carbocycles. The van der Waals surface area contributed by atoms with Crippen LogP contribution in [0.3, 0.4) is 0 Å². The van der Waals surface area contributed by atoms with E-state index in [0.29, 0.717) is 29.8 Å². The van der Waals surface area contributed by atoms with Gasteiger partial charge in [0.05, 0.1) is 11.4 Å². The molecule has 3 aromatic rings. The number of thioether (sulfide) groups is 1. The predicted molar refractivity (Wildman–Crippen MR) is 117 cm³/mol. The van der Waals surface area contributed by atoms with Crippen molar-refractivity contribution in [1.82, 2.24) is 15.3 Å². The smallest absolute Gasteiger partial charge is 0.230 e. The molecular formula is C23H25N3O3S. The molecule has 0 radical (unpaired) electrons. The molecule has 1 N–H and O–H groups in total. The summed E-state index contributed by atoms with van der Waals surface area (Å²) < 4.78 is 11.5. The fraction of sp³-hybridized carbons (Fsp3) is 0.348. The lowest BCUT2D eigenvalue weighted by atomic mass is 10.2. The number of nitrogens with zero attached hydrogens (tertiary/aromatic N) is 2. The molecular weight excluding hydrogens is 398 g/mol. The van der Waals surface area contributed by atoms with E-state index < -0.39 is 0 Å². The molecule has 2 heterocycles. The van der Waals surface area contributed by atoms with Gasteiger partial charge in [-0.15, -0.1) is 11.8 Å². The summed E-state index contributed by atoms with van der Waals surface area (Å²) in [4.78, 5) is 20.9. The quantitative estimate of drug-likeness (QED) is 0.542. The molecule has 2 aromatic heterocycles. The summed E-state index contributed by atoms with van der Waals surface area (Å²) in [6.07, 6.45) is 8.29. The van der Waals surface area contributed by atoms with E-state index in [-0.39, 0.29) is 12.0 Å². The molecule has 0 spiro atoms. The van der Waals surface area contributed by atoms with Crippen molar-refractivity contribution < 1.29 is 13.9 Å². The van der Waals surface area contributed by atoms with Crippen molar-refractivity contribution in [2.24, 2.45) is 0 Å². The number of amides is 1. The molecule has 1 fully saturated rings. The highest BCUT2D eigenvalue weighted by molar-refractivity contribution is 7.99. The van der Waals surface area contributed by atoms with E-state index in [4.69, 9.17) is 9.15 Å². The summed E-state index contributed by atoms with van der Waals surface area (Å²) in [6, 6.07) is 13.6. The number of ether oxygens (including phenoxy) is 1. The standard InChI is InChI=1S/C23H25N3O3S/c27-21(16-30-15-19-14-28-23(26-19)18-6-2-1-3-7-18)25-13-17-10-11-24-22(12-17)29-20-8-4-5-9-20/h1-3,6-7,10-12,14,20H,4-5,8-9,13,15-16H2,(H,25,27). The van der Waals surface area contributed by atoms with Crippen molar-refractivity contribution >= 4 is 17.7 Å². The first-order chi connectivity index (χ1) is 14.8. The summed E-state index contributed by atoms with van der Waals surface area (Å²) in [7, 11) is 0. The third-order valence-corrected chi connectivity index (χ3v) is 5.90. The normalized spacial score (nSPS) is 14.0. The molecule has 1 aromatic carbocycles. The van der Waals surface area contributed by atoms with Crippen molar-refractivity contribution in [2.45, 2.75) is 44.1 Å². The number of benzene rings is 1. The van der Waals surface area contributed by atoms with Crippen LogP contribution < -0.4 is 10.1 Å². The van der Waals surface area contributed by atoms with E-state index in [2.05, 4.69) is 15.3 Å². The van der Waals surface area contributed by atoms with Gasteiger partial charge in [-0.1, -0.05) is 18.2 Å². The summed E-state index contributed by atoms with van der Waals surface area (Å²) in [5, 5.41) is 2.95. The molecule has 0 aliphatic heterocycles. The molecule has 6 nitrogen and oxygen atoms in total. The minimum Gasteiger partial charge on any atom is -0.474 e. The van der Waals surface area contributed by atoms with Crippen molar-refractivity contribution in [1.29, 1.82) is 0 Å². The van der Waals surface area contributed by atoms with E-state index in [1.165, 1.54) is 24.6 Å². The molecule has 0 bridgehead atoms. The maximum absolute atomic E-state index is 12.2. The van der Waals surface area contributed by atoms with Crippen LogP contribution in [0.25, 0.3) is 11.5 Å². The Bertz CT molecular complexity index is 955. The Morgan fingerprint density at radius 2 is 2.03 bits per heavy atom. The van der Waals surface area contributed by atoms with Gasteiger partial charge in [0, 0.05) is 30.1 Å². The van der Waals surface area contributed by atoms with Crippen LogP contribution in [0.15, 0.2) is 59.3 Å². The van der Waals surface area contributed by atoms with Gasteiger partial charge in [0.15, 0.2) is 0 Å². The first kappa shape index (κ1) is 20.5. The van der Waals surface area contributed by atoms with Crippen LogP contribution in [0.2, 0.25) is 0 Å². The van der Waals surface area contributed by atoms with E-state index in [1.807, 2.05) is 42.5 Å². The number of carbonyl (C=O) groups is 1. The SMILES string of the molecule is O=C(CSCc1coc(-c2ccccc2)n1)NCc1ccnc(OC2CCCC2)c1. The lowest BCUT2D eigenvalue weighted by Gasteiger charge is -2.12. The monoisotopic (exact) mass is 423 g/mol. The lowest BCUT2D eigenvalue weighted by molar-refractivity contribution is -0.118. The number of aromatic nitrogens is 2. The topological polar surface area (TPSA) is 77.3 Å². The Morgan fingerprint density at radius 3 is 2.87 bits per heavy atom. The molecule has 1 aliphatic rings. The Balaban J connectivity index is 1.19. The number of rotatable bonds is 9. The molecule has 30 heavy (non-hydrogen) atoms. The zero-order chi connectivity index (χ0) is 20.6. The minimum absolute atomic E-state index is 0.0122. The van der Waals surface area contributed by atoms with Gasteiger partial charge in [-0.25, -0.2) is 9.97 Å². The minimum atomic E-state index is -0.0122. The van der Waals surface area contributed by atoms with Crippen molar-refractivity contribution in [2.75, 3.05) is 5.75 Å². The van der Waals surface area contributed by atoms with Crippen LogP contribution in [-0.2, 0) is 17.1 Å². The first-order valence-electron chi connectivity index (χ1n) is 10.2. The van der Waals surface area contributed by atoms with E-state index in [1.54, 1.807) is 12.5 Å². The maximum Gasteiger partial charge on any atom is 0.230 e. The first-order valence-corrected chi connectivity index (χ1v) is 11.4. The number of nitrogens with one attached hydrogen (secondary N) is 1. The Kier molecular flexibility index (Phi) is 7.03. The van der Waals surface area contributed by atoms with Gasteiger partial charge in [-0.2, -0.15) is 0 Å². The van der Waals surface area contributed by atoms with E-state index in [0.717, 1.165) is 29.7 Å². The lowest BCUT2D eigenvalue weighted by Crippen LogP contribution is -2.24. The molecule has 156 valence electrons. The van der Waals surface area contributed by atoms with Crippen LogP contribution in [0.4, 0.5) is 0 Å². The summed E-state index contributed by atoms with van der Waals surface area (Å²) in [5.41, 5.74) is 2.76. The van der Waals surface area contributed by atoms with E-state index >= 15 is 0 Å². The van der Waals surface area contributed by atoms with Crippen LogP contribution in [0.1, 0.15) is 36.9 Å². The van der Waals surface area contributed by atoms with E-state index in [9.17, 15) is 4.79 Å². The van der Waals surface area contributed by atoms with Crippen LogP contribution in [-0.4, -0.2) is 27.7 Å². The van der Waals surface area contributed by atoms with Gasteiger partial charge >= 0.3 is 0 Å². The number of hydrogen-bond donors (Lipinski definition) is 1. The Morgan fingerprint density at radius 1 is 1.20 bits per heavy atom. The van der Waals surface area contributed by atoms with Gasteiger partial charge in [-0.3, -0.25) is 4.79 Å². The molecule has 0 unspecified atom stereocenters. The average Bonchev–Trinajstić information content (AvgIpc) is 3.46. The largest absolute Gasteiger partial charge is 0.474 e. The Hall–Kier alpha value is -2.80. The third-order valence-electron chi connectivity index (χ3n) is 4.93. The summed E-state index contributed by atoms with van der Waals surface area (Å²) in [6.45, 7) is 0.463. The van der Waals surface area contributed by atoms with Gasteiger partial charge in [0.25, 0.3) is 0 Å². The van der Waals surface area contributed by atoms with Gasteiger partial charge in [0.2, 0.25) is 17.7 Å². The fourth-order valence-corrected chi connectivity index (χ4v) is 4.12. The molecule has 7 heteroatoms. The van der Waals surface area contributed by atoms with Gasteiger partial charge in [-0.05, 0) is 49.4 Å². The Labute approximate surface area is 180 Å². The molecule has 1 amide bonds. The van der Waals surface area contributed by atoms with Crippen molar-refractivity contribution in [3.63, 3.8) is 0 Å². The highest BCUT2D eigenvalue weighted by Crippen LogP contribution is 2.23. The molecule has 0 atom stereocenters. The second-order valence-corrected chi connectivity index (χ2v) is 8.29. The predicted octanol–water partition coefficient (Wildman–Crippen LogP) is 4.61. The highest BCUT2D eigenvalue weighted by Gasteiger charge is 2.17. The maximum atomic E-state index is 12.2. The average molecular weight is 424 g/mol. The van der Waals surface area contributed by atoms with Crippen molar-refractivity contribution in [3.8, 4) is 17.3 Å². The van der Waals surface area contributed by atoms with Crippen LogP contribution >= 0.6 is 11.8 Å². The van der Waals surface area contributed by atoms with Crippen LogP contribution in [0.5, 0.6) is 5.88 Å². The van der Waals surface area contributed by atoms with Gasteiger partial charge in [0.1, 0.15) is 12.4 Å². The zero-order valence-electron chi connectivity index (χ0n) is 16.8. The molecule has 1 saturated carbocycles. The fourth-order valence-electron chi connectivity index (χ4n) is 3.39. The number of oxazole rings is 1. The zero-order valence-corrected chi connectivity index (χ0v) is 17.6. The second kappa shape index (κ2) is 10.3. The molecule has 4 rings (SSSR count).